The van der Waals surface area contributed by atoms with Gasteiger partial charge in [0.1, 0.15) is 5.78 Å². The van der Waals surface area contributed by atoms with Crippen LogP contribution in [-0.4, -0.2) is 30.3 Å². The molecule has 1 aliphatic carbocycles. The van der Waals surface area contributed by atoms with Gasteiger partial charge in [0.25, 0.3) is 0 Å². The van der Waals surface area contributed by atoms with Crippen LogP contribution in [0.25, 0.3) is 0 Å². The van der Waals surface area contributed by atoms with Crippen molar-refractivity contribution in [2.75, 3.05) is 18.5 Å². The number of Topliss-reactive ketones (excluding diaryl/α,β-unsaturated/α-hetero) is 1. The third-order valence-electron chi connectivity index (χ3n) is 4.78. The smallest absolute Gasteiger partial charge is 0.135 e. The van der Waals surface area contributed by atoms with E-state index in [1.807, 2.05) is 0 Å². The van der Waals surface area contributed by atoms with Crippen LogP contribution in [-0.2, 0) is 11.3 Å². The van der Waals surface area contributed by atoms with Crippen molar-refractivity contribution in [1.82, 2.24) is 4.90 Å². The van der Waals surface area contributed by atoms with Crippen LogP contribution >= 0.6 is 0 Å². The molecule has 0 aromatic heterocycles. The molecule has 0 aliphatic heterocycles. The monoisotopic (exact) mass is 314 g/mol. The predicted octanol–water partition coefficient (Wildman–Crippen LogP) is 4.38. The van der Waals surface area contributed by atoms with Gasteiger partial charge < -0.3 is 4.90 Å². The molecule has 0 bridgehead atoms. The molecule has 1 saturated carbocycles. The van der Waals surface area contributed by atoms with E-state index in [4.69, 9.17) is 0 Å². The largest absolute Gasteiger partial charge is 0.346 e. The van der Waals surface area contributed by atoms with Crippen molar-refractivity contribution in [3.8, 4) is 0 Å². The molecular weight excluding hydrogens is 284 g/mol. The molecule has 2 rings (SSSR count). The zero-order valence-corrected chi connectivity index (χ0v) is 14.8. The number of rotatable bonds is 8. The van der Waals surface area contributed by atoms with Gasteiger partial charge in [-0.1, -0.05) is 31.6 Å². The summed E-state index contributed by atoms with van der Waals surface area (Å²) >= 11 is 0. The Morgan fingerprint density at radius 3 is 2.35 bits per heavy atom. The Morgan fingerprint density at radius 1 is 1.22 bits per heavy atom. The number of anilines is 1. The highest BCUT2D eigenvalue weighted by molar-refractivity contribution is 5.79. The highest BCUT2D eigenvalue weighted by Crippen LogP contribution is 2.25. The summed E-state index contributed by atoms with van der Waals surface area (Å²) in [6.45, 7) is 9.60. The van der Waals surface area contributed by atoms with Crippen molar-refractivity contribution in [3.05, 3.63) is 42.1 Å². The average molecular weight is 314 g/mol. The van der Waals surface area contributed by atoms with Gasteiger partial charge in [-0.2, -0.15) is 0 Å². The Kier molecular flexibility index (Phi) is 6.40. The molecule has 0 unspecified atom stereocenters. The Balaban J connectivity index is 1.99. The predicted molar refractivity (Wildman–Crippen MR) is 97.6 cm³/mol. The van der Waals surface area contributed by atoms with Crippen LogP contribution in [0.1, 0.15) is 51.5 Å². The number of carbonyl (C=O) groups is 1. The number of ketones is 1. The topological polar surface area (TPSA) is 23.6 Å². The van der Waals surface area contributed by atoms with Crippen LogP contribution in [0.15, 0.2) is 36.5 Å². The molecule has 1 fully saturated rings. The Morgan fingerprint density at radius 2 is 1.83 bits per heavy atom. The van der Waals surface area contributed by atoms with Gasteiger partial charge in [-0.3, -0.25) is 9.69 Å². The van der Waals surface area contributed by atoms with E-state index >= 15 is 0 Å². The summed E-state index contributed by atoms with van der Waals surface area (Å²) in [6.07, 6.45) is 5.83. The van der Waals surface area contributed by atoms with E-state index < -0.39 is 0 Å². The fraction of sp³-hybridized carbons (Fsp3) is 0.550. The van der Waals surface area contributed by atoms with Crippen LogP contribution in [0.3, 0.4) is 0 Å². The normalized spacial score (nSPS) is 15.1. The van der Waals surface area contributed by atoms with Gasteiger partial charge in [0.15, 0.2) is 0 Å². The second-order valence-corrected chi connectivity index (χ2v) is 6.71. The maximum atomic E-state index is 11.3. The molecule has 0 N–H and O–H groups in total. The van der Waals surface area contributed by atoms with Crippen molar-refractivity contribution in [1.29, 1.82) is 0 Å². The second kappa shape index (κ2) is 8.30. The lowest BCUT2D eigenvalue weighted by molar-refractivity contribution is -0.116. The highest BCUT2D eigenvalue weighted by Gasteiger charge is 2.19. The van der Waals surface area contributed by atoms with Crippen LogP contribution < -0.4 is 4.90 Å². The lowest BCUT2D eigenvalue weighted by atomic mass is 10.1. The highest BCUT2D eigenvalue weighted by atomic mass is 16.1. The molecule has 3 nitrogen and oxygen atoms in total. The maximum Gasteiger partial charge on any atom is 0.135 e. The quantitative estimate of drug-likeness (QED) is 0.711. The van der Waals surface area contributed by atoms with E-state index in [1.165, 1.54) is 31.2 Å². The minimum absolute atomic E-state index is 0.156. The third kappa shape index (κ3) is 4.93. The summed E-state index contributed by atoms with van der Waals surface area (Å²) in [4.78, 5) is 15.9. The van der Waals surface area contributed by atoms with Crippen LogP contribution in [0, 0.1) is 0 Å². The number of hydrogen-bond acceptors (Lipinski definition) is 3. The number of allylic oxidation sites excluding steroid dienone is 1. The number of nitrogens with zero attached hydrogens (tertiary/aromatic N) is 2. The van der Waals surface area contributed by atoms with Gasteiger partial charge in [0, 0.05) is 36.9 Å². The minimum atomic E-state index is 0.156. The van der Waals surface area contributed by atoms with Gasteiger partial charge in [0.05, 0.1) is 0 Å². The summed E-state index contributed by atoms with van der Waals surface area (Å²) in [6, 6.07) is 9.44. The second-order valence-electron chi connectivity index (χ2n) is 6.71. The minimum Gasteiger partial charge on any atom is -0.346 e. The number of benzene rings is 1. The van der Waals surface area contributed by atoms with Gasteiger partial charge in [-0.15, -0.1) is 0 Å². The summed E-state index contributed by atoms with van der Waals surface area (Å²) in [7, 11) is 2.23. The van der Waals surface area contributed by atoms with E-state index in [9.17, 15) is 4.79 Å². The summed E-state index contributed by atoms with van der Waals surface area (Å²) in [5, 5.41) is 0. The Labute approximate surface area is 141 Å². The Hall–Kier alpha value is -1.61. The first-order valence-electron chi connectivity index (χ1n) is 8.75. The first-order chi connectivity index (χ1) is 11.0. The summed E-state index contributed by atoms with van der Waals surface area (Å²) < 4.78 is 0. The molecule has 126 valence electrons. The zero-order chi connectivity index (χ0) is 16.8. The van der Waals surface area contributed by atoms with Crippen molar-refractivity contribution in [2.45, 2.75) is 58.5 Å². The van der Waals surface area contributed by atoms with Crippen LogP contribution in [0.4, 0.5) is 5.69 Å². The van der Waals surface area contributed by atoms with Gasteiger partial charge in [0.2, 0.25) is 0 Å². The molecule has 1 aliphatic rings. The van der Waals surface area contributed by atoms with E-state index in [1.54, 1.807) is 6.92 Å². The molecule has 0 spiro atoms. The van der Waals surface area contributed by atoms with Crippen molar-refractivity contribution in [2.24, 2.45) is 0 Å². The molecule has 0 radical (unpaired) electrons. The van der Waals surface area contributed by atoms with Gasteiger partial charge in [-0.25, -0.2) is 0 Å². The fourth-order valence-corrected chi connectivity index (χ4v) is 3.51. The fourth-order valence-electron chi connectivity index (χ4n) is 3.51. The van der Waals surface area contributed by atoms with Crippen LogP contribution in [0.2, 0.25) is 0 Å². The van der Waals surface area contributed by atoms with Gasteiger partial charge in [-0.05, 0) is 51.4 Å². The first-order valence-corrected chi connectivity index (χ1v) is 8.75. The van der Waals surface area contributed by atoms with E-state index in [2.05, 4.69) is 54.6 Å². The standard InChI is InChI=1S/C20H30N2O/c1-5-22(16(2)14-17(3)23)20-12-10-18(11-13-20)15-21(4)19-8-6-7-9-19/h10-13,19H,2,5-9,14-15H2,1,3-4H3. The molecule has 0 atom stereocenters. The first kappa shape index (κ1) is 17.7. The van der Waals surface area contributed by atoms with Crippen molar-refractivity contribution < 1.29 is 4.79 Å². The molecule has 0 saturated heterocycles. The Bertz CT molecular complexity index is 529. The summed E-state index contributed by atoms with van der Waals surface area (Å²) in [5.41, 5.74) is 3.33. The molecule has 3 heteroatoms. The summed E-state index contributed by atoms with van der Waals surface area (Å²) in [5.74, 6) is 0.156. The number of hydrogen-bond donors (Lipinski definition) is 0. The molecule has 0 heterocycles. The molecule has 1 aromatic carbocycles. The van der Waals surface area contributed by atoms with Crippen molar-refractivity contribution >= 4 is 11.5 Å². The lowest BCUT2D eigenvalue weighted by Gasteiger charge is -2.26. The SMILES string of the molecule is C=C(CC(C)=O)N(CC)c1ccc(CN(C)C2CCCC2)cc1. The lowest BCUT2D eigenvalue weighted by Crippen LogP contribution is -2.28. The molecule has 1 aromatic rings. The van der Waals surface area contributed by atoms with E-state index in [-0.39, 0.29) is 5.78 Å². The zero-order valence-electron chi connectivity index (χ0n) is 14.8. The van der Waals surface area contributed by atoms with Gasteiger partial charge >= 0.3 is 0 Å². The molecule has 23 heavy (non-hydrogen) atoms. The van der Waals surface area contributed by atoms with Crippen LogP contribution in [0.5, 0.6) is 0 Å². The number of carbonyl (C=O) groups excluding carboxylic acids is 1. The molecular formula is C20H30N2O. The molecule has 0 amide bonds. The van der Waals surface area contributed by atoms with E-state index in [0.717, 1.165) is 30.5 Å². The third-order valence-corrected chi connectivity index (χ3v) is 4.78. The maximum absolute atomic E-state index is 11.3. The van der Waals surface area contributed by atoms with E-state index in [0.29, 0.717) is 6.42 Å². The van der Waals surface area contributed by atoms with Crippen molar-refractivity contribution in [3.63, 3.8) is 0 Å². The average Bonchev–Trinajstić information content (AvgIpc) is 3.03.